The minimum Gasteiger partial charge on any atom is -0.481 e. The second-order valence-electron chi connectivity index (χ2n) is 3.42. The number of carboxylic acid groups (broad SMARTS) is 1. The largest absolute Gasteiger partial charge is 0.481 e. The normalized spacial score (nSPS) is 10.1. The van der Waals surface area contributed by atoms with Crippen molar-refractivity contribution in [2.24, 2.45) is 7.05 Å². The summed E-state index contributed by atoms with van der Waals surface area (Å²) in [5.74, 6) is -1.20. The van der Waals surface area contributed by atoms with Crippen molar-refractivity contribution in [1.29, 1.82) is 0 Å². The van der Waals surface area contributed by atoms with Crippen molar-refractivity contribution >= 4 is 11.9 Å². The van der Waals surface area contributed by atoms with Crippen LogP contribution in [-0.4, -0.2) is 33.3 Å². The number of rotatable bonds is 5. The highest BCUT2D eigenvalue weighted by atomic mass is 16.4. The lowest BCUT2D eigenvalue weighted by Gasteiger charge is -2.02. The number of amides is 1. The van der Waals surface area contributed by atoms with Gasteiger partial charge in [-0.25, -0.2) is 0 Å². The topological polar surface area (TPSA) is 84.2 Å². The Morgan fingerprint density at radius 3 is 2.81 bits per heavy atom. The molecule has 0 fully saturated rings. The average molecular weight is 225 g/mol. The maximum Gasteiger partial charge on any atom is 0.305 e. The lowest BCUT2D eigenvalue weighted by atomic mass is 10.2. The molecule has 0 aliphatic heterocycles. The van der Waals surface area contributed by atoms with Crippen molar-refractivity contribution in [3.8, 4) is 0 Å². The zero-order chi connectivity index (χ0) is 12.1. The Morgan fingerprint density at radius 1 is 1.56 bits per heavy atom. The lowest BCUT2D eigenvalue weighted by Crippen LogP contribution is -2.26. The van der Waals surface area contributed by atoms with E-state index >= 15 is 0 Å². The van der Waals surface area contributed by atoms with Crippen LogP contribution in [0.2, 0.25) is 0 Å². The van der Waals surface area contributed by atoms with Crippen LogP contribution in [-0.2, 0) is 18.3 Å². The van der Waals surface area contributed by atoms with Gasteiger partial charge in [-0.2, -0.15) is 5.10 Å². The molecule has 6 nitrogen and oxygen atoms in total. The van der Waals surface area contributed by atoms with Gasteiger partial charge in [0.2, 0.25) is 0 Å². The summed E-state index contributed by atoms with van der Waals surface area (Å²) >= 11 is 0. The minimum atomic E-state index is -0.929. The van der Waals surface area contributed by atoms with Crippen LogP contribution in [0.1, 0.15) is 29.4 Å². The summed E-state index contributed by atoms with van der Waals surface area (Å²) in [6.45, 7) is 2.04. The van der Waals surface area contributed by atoms with Gasteiger partial charge in [-0.05, 0) is 6.42 Å². The molecule has 0 unspecified atom stereocenters. The fraction of sp³-hybridized carbons (Fsp3) is 0.500. The average Bonchev–Trinajstić information content (AvgIpc) is 2.59. The van der Waals surface area contributed by atoms with Gasteiger partial charge in [-0.3, -0.25) is 14.3 Å². The number of nitrogens with zero attached hydrogens (tertiary/aromatic N) is 2. The smallest absolute Gasteiger partial charge is 0.305 e. The zero-order valence-corrected chi connectivity index (χ0v) is 9.36. The van der Waals surface area contributed by atoms with E-state index in [0.29, 0.717) is 12.0 Å². The highest BCUT2D eigenvalue weighted by molar-refractivity contribution is 5.95. The fourth-order valence-corrected chi connectivity index (χ4v) is 1.36. The molecule has 1 amide bonds. The number of hydrogen-bond donors (Lipinski definition) is 2. The maximum atomic E-state index is 11.7. The van der Waals surface area contributed by atoms with Crippen LogP contribution < -0.4 is 5.32 Å². The SMILES string of the molecule is CCc1nn(C)cc1C(=O)NCCC(=O)O. The molecule has 2 N–H and O–H groups in total. The van der Waals surface area contributed by atoms with Gasteiger partial charge < -0.3 is 10.4 Å². The van der Waals surface area contributed by atoms with E-state index in [1.165, 1.54) is 0 Å². The van der Waals surface area contributed by atoms with E-state index in [-0.39, 0.29) is 18.9 Å². The molecule has 88 valence electrons. The van der Waals surface area contributed by atoms with E-state index in [1.807, 2.05) is 6.92 Å². The van der Waals surface area contributed by atoms with Crippen molar-refractivity contribution in [3.63, 3.8) is 0 Å². The van der Waals surface area contributed by atoms with Gasteiger partial charge in [0.15, 0.2) is 0 Å². The van der Waals surface area contributed by atoms with E-state index in [2.05, 4.69) is 10.4 Å². The Hall–Kier alpha value is -1.85. The minimum absolute atomic E-state index is 0.0759. The first-order valence-corrected chi connectivity index (χ1v) is 5.07. The second kappa shape index (κ2) is 5.29. The molecular weight excluding hydrogens is 210 g/mol. The van der Waals surface area contributed by atoms with Crippen LogP contribution in [0.5, 0.6) is 0 Å². The summed E-state index contributed by atoms with van der Waals surface area (Å²) < 4.78 is 1.57. The summed E-state index contributed by atoms with van der Waals surface area (Å²) in [7, 11) is 1.74. The van der Waals surface area contributed by atoms with Crippen LogP contribution in [0.25, 0.3) is 0 Å². The van der Waals surface area contributed by atoms with Gasteiger partial charge in [0.1, 0.15) is 0 Å². The molecular formula is C10H15N3O3. The molecule has 1 aromatic rings. The Labute approximate surface area is 93.3 Å². The number of aryl methyl sites for hydroxylation is 2. The van der Waals surface area contributed by atoms with Crippen LogP contribution in [0.3, 0.4) is 0 Å². The van der Waals surface area contributed by atoms with Crippen LogP contribution in [0.15, 0.2) is 6.20 Å². The highest BCUT2D eigenvalue weighted by Crippen LogP contribution is 2.06. The van der Waals surface area contributed by atoms with Crippen molar-refractivity contribution in [3.05, 3.63) is 17.5 Å². The molecule has 0 radical (unpaired) electrons. The van der Waals surface area contributed by atoms with E-state index in [4.69, 9.17) is 5.11 Å². The Bertz CT molecular complexity index is 398. The van der Waals surface area contributed by atoms with Gasteiger partial charge in [-0.15, -0.1) is 0 Å². The van der Waals surface area contributed by atoms with E-state index in [1.54, 1.807) is 17.9 Å². The third-order valence-corrected chi connectivity index (χ3v) is 2.11. The molecule has 0 bridgehead atoms. The molecule has 0 atom stereocenters. The number of nitrogens with one attached hydrogen (secondary N) is 1. The van der Waals surface area contributed by atoms with Gasteiger partial charge >= 0.3 is 5.97 Å². The van der Waals surface area contributed by atoms with Crippen LogP contribution in [0, 0.1) is 0 Å². The maximum absolute atomic E-state index is 11.7. The number of aliphatic carboxylic acids is 1. The molecule has 6 heteroatoms. The number of hydrogen-bond acceptors (Lipinski definition) is 3. The zero-order valence-electron chi connectivity index (χ0n) is 9.36. The first-order chi connectivity index (χ1) is 7.54. The predicted octanol–water partition coefficient (Wildman–Crippen LogP) is 0.187. The highest BCUT2D eigenvalue weighted by Gasteiger charge is 2.13. The first kappa shape index (κ1) is 12.2. The Kier molecular flexibility index (Phi) is 4.04. The molecule has 1 heterocycles. The summed E-state index contributed by atoms with van der Waals surface area (Å²) in [4.78, 5) is 21.9. The summed E-state index contributed by atoms with van der Waals surface area (Å²) in [5, 5.41) is 15.1. The van der Waals surface area contributed by atoms with Gasteiger partial charge in [0.25, 0.3) is 5.91 Å². The summed E-state index contributed by atoms with van der Waals surface area (Å²) in [5.41, 5.74) is 1.23. The van der Waals surface area contributed by atoms with E-state index in [0.717, 1.165) is 5.69 Å². The lowest BCUT2D eigenvalue weighted by molar-refractivity contribution is -0.136. The van der Waals surface area contributed by atoms with E-state index < -0.39 is 5.97 Å². The number of carbonyl (C=O) groups is 2. The van der Waals surface area contributed by atoms with Gasteiger partial charge in [0.05, 0.1) is 17.7 Å². The summed E-state index contributed by atoms with van der Waals surface area (Å²) in [6.07, 6.45) is 2.23. The number of aromatic nitrogens is 2. The molecule has 16 heavy (non-hydrogen) atoms. The molecule has 0 aliphatic carbocycles. The molecule has 1 aromatic heterocycles. The van der Waals surface area contributed by atoms with Crippen LogP contribution >= 0.6 is 0 Å². The molecule has 0 aromatic carbocycles. The molecule has 0 saturated carbocycles. The standard InChI is InChI=1S/C10H15N3O3/c1-3-8-7(6-13(2)12-8)10(16)11-5-4-9(14)15/h6H,3-5H2,1-2H3,(H,11,16)(H,14,15). The molecule has 0 aliphatic rings. The van der Waals surface area contributed by atoms with Crippen molar-refractivity contribution in [2.45, 2.75) is 19.8 Å². The van der Waals surface area contributed by atoms with E-state index in [9.17, 15) is 9.59 Å². The van der Waals surface area contributed by atoms with Crippen molar-refractivity contribution in [1.82, 2.24) is 15.1 Å². The van der Waals surface area contributed by atoms with Gasteiger partial charge in [-0.1, -0.05) is 6.92 Å². The first-order valence-electron chi connectivity index (χ1n) is 5.07. The third kappa shape index (κ3) is 3.08. The monoisotopic (exact) mass is 225 g/mol. The van der Waals surface area contributed by atoms with Crippen molar-refractivity contribution in [2.75, 3.05) is 6.54 Å². The Balaban J connectivity index is 2.61. The van der Waals surface area contributed by atoms with Crippen molar-refractivity contribution < 1.29 is 14.7 Å². The molecule has 1 rings (SSSR count). The molecule has 0 spiro atoms. The Morgan fingerprint density at radius 2 is 2.25 bits per heavy atom. The number of carbonyl (C=O) groups excluding carboxylic acids is 1. The third-order valence-electron chi connectivity index (χ3n) is 2.11. The molecule has 0 saturated heterocycles. The second-order valence-corrected chi connectivity index (χ2v) is 3.42. The van der Waals surface area contributed by atoms with Gasteiger partial charge in [0, 0.05) is 19.8 Å². The predicted molar refractivity (Wildman–Crippen MR) is 57.2 cm³/mol. The quantitative estimate of drug-likeness (QED) is 0.749. The van der Waals surface area contributed by atoms with Crippen LogP contribution in [0.4, 0.5) is 0 Å². The summed E-state index contributed by atoms with van der Waals surface area (Å²) in [6, 6.07) is 0. The number of carboxylic acids is 1. The fourth-order valence-electron chi connectivity index (χ4n) is 1.36.